The molecule has 0 radical (unpaired) electrons. The number of amides is 1. The van der Waals surface area contributed by atoms with E-state index >= 15 is 0 Å². The Labute approximate surface area is 159 Å². The lowest BCUT2D eigenvalue weighted by atomic mass is 10.0. The average Bonchev–Trinajstić information content (AvgIpc) is 2.94. The molecule has 3 aromatic carbocycles. The SMILES string of the molecule is COc1ccc(CN2C(=O)/C(=C/c3ccccc3)c3cc(C)ccc32)cc1. The summed E-state index contributed by atoms with van der Waals surface area (Å²) in [6.07, 6.45) is 1.98. The summed E-state index contributed by atoms with van der Waals surface area (Å²) in [5.41, 5.74) is 5.94. The number of aryl methyl sites for hydroxylation is 1. The zero-order chi connectivity index (χ0) is 18.8. The molecule has 0 aromatic heterocycles. The molecule has 3 heteroatoms. The van der Waals surface area contributed by atoms with Gasteiger partial charge in [0.15, 0.2) is 0 Å². The molecule has 1 aliphatic rings. The molecule has 0 atom stereocenters. The van der Waals surface area contributed by atoms with E-state index in [0.29, 0.717) is 6.54 Å². The first kappa shape index (κ1) is 17.1. The van der Waals surface area contributed by atoms with E-state index in [1.54, 1.807) is 7.11 Å². The number of carbonyl (C=O) groups is 1. The Bertz CT molecular complexity index is 1000. The summed E-state index contributed by atoms with van der Waals surface area (Å²) in [5.74, 6) is 0.849. The topological polar surface area (TPSA) is 29.5 Å². The summed E-state index contributed by atoms with van der Waals surface area (Å²) in [6.45, 7) is 2.59. The lowest BCUT2D eigenvalue weighted by Crippen LogP contribution is -2.25. The summed E-state index contributed by atoms with van der Waals surface area (Å²) < 4.78 is 5.22. The van der Waals surface area contributed by atoms with Crippen LogP contribution in [0.25, 0.3) is 11.6 Å². The highest BCUT2D eigenvalue weighted by atomic mass is 16.5. The largest absolute Gasteiger partial charge is 0.497 e. The van der Waals surface area contributed by atoms with Gasteiger partial charge in [0, 0.05) is 11.1 Å². The second-order valence-corrected chi connectivity index (χ2v) is 6.73. The molecule has 0 spiro atoms. The third kappa shape index (κ3) is 3.36. The Morgan fingerprint density at radius 2 is 1.70 bits per heavy atom. The lowest BCUT2D eigenvalue weighted by molar-refractivity contribution is -0.113. The van der Waals surface area contributed by atoms with Crippen molar-refractivity contribution in [1.82, 2.24) is 0 Å². The Balaban J connectivity index is 1.73. The monoisotopic (exact) mass is 355 g/mol. The van der Waals surface area contributed by atoms with E-state index in [-0.39, 0.29) is 5.91 Å². The molecule has 4 rings (SSSR count). The zero-order valence-electron chi connectivity index (χ0n) is 15.5. The molecule has 0 fully saturated rings. The molecule has 1 aliphatic heterocycles. The molecule has 27 heavy (non-hydrogen) atoms. The molecule has 1 amide bonds. The summed E-state index contributed by atoms with van der Waals surface area (Å²) in [6, 6.07) is 24.0. The molecule has 0 unspecified atom stereocenters. The third-order valence-electron chi connectivity index (χ3n) is 4.82. The van der Waals surface area contributed by atoms with Crippen molar-refractivity contribution >= 4 is 23.2 Å². The van der Waals surface area contributed by atoms with Gasteiger partial charge in [-0.2, -0.15) is 0 Å². The number of fused-ring (bicyclic) bond motifs is 1. The predicted molar refractivity (Wildman–Crippen MR) is 110 cm³/mol. The van der Waals surface area contributed by atoms with Gasteiger partial charge in [-0.15, -0.1) is 0 Å². The van der Waals surface area contributed by atoms with Crippen LogP contribution in [0.3, 0.4) is 0 Å². The van der Waals surface area contributed by atoms with Crippen molar-refractivity contribution in [3.05, 3.63) is 95.1 Å². The minimum Gasteiger partial charge on any atom is -0.497 e. The molecule has 0 saturated carbocycles. The fraction of sp³-hybridized carbons (Fsp3) is 0.125. The van der Waals surface area contributed by atoms with Crippen LogP contribution in [-0.2, 0) is 11.3 Å². The number of ether oxygens (including phenoxy) is 1. The first-order valence-electron chi connectivity index (χ1n) is 8.98. The maximum absolute atomic E-state index is 13.2. The summed E-state index contributed by atoms with van der Waals surface area (Å²) in [5, 5.41) is 0. The van der Waals surface area contributed by atoms with Gasteiger partial charge in [0.05, 0.1) is 19.3 Å². The van der Waals surface area contributed by atoms with Crippen LogP contribution in [0.5, 0.6) is 5.75 Å². The van der Waals surface area contributed by atoms with Crippen molar-refractivity contribution in [3.63, 3.8) is 0 Å². The van der Waals surface area contributed by atoms with Crippen molar-refractivity contribution in [2.75, 3.05) is 12.0 Å². The van der Waals surface area contributed by atoms with Gasteiger partial charge in [0.2, 0.25) is 0 Å². The number of benzene rings is 3. The highest BCUT2D eigenvalue weighted by molar-refractivity contribution is 6.35. The van der Waals surface area contributed by atoms with Gasteiger partial charge >= 0.3 is 0 Å². The minimum absolute atomic E-state index is 0.0373. The number of carbonyl (C=O) groups excluding carboxylic acids is 1. The van der Waals surface area contributed by atoms with E-state index in [4.69, 9.17) is 4.74 Å². The van der Waals surface area contributed by atoms with Crippen molar-refractivity contribution in [2.24, 2.45) is 0 Å². The fourth-order valence-electron chi connectivity index (χ4n) is 3.40. The van der Waals surface area contributed by atoms with E-state index in [1.165, 1.54) is 0 Å². The number of hydrogen-bond donors (Lipinski definition) is 0. The highest BCUT2D eigenvalue weighted by Gasteiger charge is 2.32. The van der Waals surface area contributed by atoms with Crippen LogP contribution in [0.1, 0.15) is 22.3 Å². The summed E-state index contributed by atoms with van der Waals surface area (Å²) in [7, 11) is 1.65. The summed E-state index contributed by atoms with van der Waals surface area (Å²) in [4.78, 5) is 15.1. The molecule has 0 saturated heterocycles. The molecule has 134 valence electrons. The second-order valence-electron chi connectivity index (χ2n) is 6.73. The Kier molecular flexibility index (Phi) is 4.51. The van der Waals surface area contributed by atoms with Gasteiger partial charge in [0.1, 0.15) is 5.75 Å². The number of rotatable bonds is 4. The highest BCUT2D eigenvalue weighted by Crippen LogP contribution is 2.39. The van der Waals surface area contributed by atoms with Gasteiger partial charge in [0.25, 0.3) is 5.91 Å². The number of nitrogens with zero attached hydrogens (tertiary/aromatic N) is 1. The molecular weight excluding hydrogens is 334 g/mol. The van der Waals surface area contributed by atoms with Crippen molar-refractivity contribution in [1.29, 1.82) is 0 Å². The van der Waals surface area contributed by atoms with Gasteiger partial charge < -0.3 is 9.64 Å². The molecule has 1 heterocycles. The van der Waals surface area contributed by atoms with Crippen molar-refractivity contribution < 1.29 is 9.53 Å². The third-order valence-corrected chi connectivity index (χ3v) is 4.82. The molecule has 0 N–H and O–H groups in total. The first-order chi connectivity index (χ1) is 13.2. The first-order valence-corrected chi connectivity index (χ1v) is 8.98. The van der Waals surface area contributed by atoms with Crippen molar-refractivity contribution in [3.8, 4) is 5.75 Å². The molecular formula is C24H21NO2. The zero-order valence-corrected chi connectivity index (χ0v) is 15.5. The normalized spacial score (nSPS) is 14.5. The smallest absolute Gasteiger partial charge is 0.259 e. The van der Waals surface area contributed by atoms with E-state index in [9.17, 15) is 4.79 Å². The minimum atomic E-state index is 0.0373. The van der Waals surface area contributed by atoms with E-state index in [2.05, 4.69) is 19.1 Å². The van der Waals surface area contributed by atoms with E-state index in [0.717, 1.165) is 39.3 Å². The number of hydrogen-bond acceptors (Lipinski definition) is 2. The van der Waals surface area contributed by atoms with Gasteiger partial charge in [-0.05, 0) is 48.4 Å². The number of anilines is 1. The van der Waals surface area contributed by atoms with Crippen LogP contribution in [0.4, 0.5) is 5.69 Å². The summed E-state index contributed by atoms with van der Waals surface area (Å²) >= 11 is 0. The van der Waals surface area contributed by atoms with Crippen LogP contribution < -0.4 is 9.64 Å². The van der Waals surface area contributed by atoms with Crippen LogP contribution in [-0.4, -0.2) is 13.0 Å². The van der Waals surface area contributed by atoms with E-state index in [1.807, 2.05) is 71.6 Å². The van der Waals surface area contributed by atoms with Gasteiger partial charge in [-0.3, -0.25) is 4.79 Å². The van der Waals surface area contributed by atoms with Gasteiger partial charge in [-0.1, -0.05) is 54.1 Å². The molecule has 0 aliphatic carbocycles. The molecule has 3 aromatic rings. The van der Waals surface area contributed by atoms with Crippen LogP contribution in [0.2, 0.25) is 0 Å². The van der Waals surface area contributed by atoms with Crippen LogP contribution >= 0.6 is 0 Å². The number of methoxy groups -OCH3 is 1. The fourth-order valence-corrected chi connectivity index (χ4v) is 3.40. The van der Waals surface area contributed by atoms with Crippen LogP contribution in [0, 0.1) is 6.92 Å². The quantitative estimate of drug-likeness (QED) is 0.610. The Hall–Kier alpha value is -3.33. The maximum atomic E-state index is 13.2. The van der Waals surface area contributed by atoms with Crippen LogP contribution in [0.15, 0.2) is 72.8 Å². The lowest BCUT2D eigenvalue weighted by Gasteiger charge is -2.17. The predicted octanol–water partition coefficient (Wildman–Crippen LogP) is 5.09. The standard InChI is InChI=1S/C24H21NO2/c1-17-8-13-23-21(14-17)22(15-18-6-4-3-5-7-18)24(26)25(23)16-19-9-11-20(27-2)12-10-19/h3-15H,16H2,1-2H3/b22-15+. The van der Waals surface area contributed by atoms with E-state index < -0.39 is 0 Å². The molecule has 0 bridgehead atoms. The second kappa shape index (κ2) is 7.12. The molecule has 3 nitrogen and oxygen atoms in total. The average molecular weight is 355 g/mol. The Morgan fingerprint density at radius 1 is 0.963 bits per heavy atom. The van der Waals surface area contributed by atoms with Gasteiger partial charge in [-0.25, -0.2) is 0 Å². The maximum Gasteiger partial charge on any atom is 0.259 e. The van der Waals surface area contributed by atoms with Crippen molar-refractivity contribution in [2.45, 2.75) is 13.5 Å². The Morgan fingerprint density at radius 3 is 2.41 bits per heavy atom.